The van der Waals surface area contributed by atoms with E-state index in [1.54, 1.807) is 22.7 Å². The second-order valence-corrected chi connectivity index (χ2v) is 11.6. The molecule has 1 amide bonds. The number of furan rings is 1. The van der Waals surface area contributed by atoms with Crippen LogP contribution in [-0.2, 0) is 21.2 Å². The van der Waals surface area contributed by atoms with Crippen molar-refractivity contribution in [3.63, 3.8) is 0 Å². The molecule has 0 aromatic carbocycles. The zero-order chi connectivity index (χ0) is 21.7. The van der Waals surface area contributed by atoms with Crippen molar-refractivity contribution in [2.75, 3.05) is 32.7 Å². The summed E-state index contributed by atoms with van der Waals surface area (Å²) in [6, 6.07) is 7.26. The Morgan fingerprint density at radius 1 is 1.03 bits per heavy atom. The Morgan fingerprint density at radius 2 is 1.74 bits per heavy atom. The van der Waals surface area contributed by atoms with Gasteiger partial charge in [-0.25, -0.2) is 8.42 Å². The number of hydrogen-bond acceptors (Lipinski definition) is 6. The SMILES string of the molecule is O=C(Cc1ccc(S(=O)(=O)N2CCCCC2)s1)NCC(c1ccco1)N1CCCCC1. The summed E-state index contributed by atoms with van der Waals surface area (Å²) in [4.78, 5) is 15.8. The molecule has 0 bridgehead atoms. The van der Waals surface area contributed by atoms with Gasteiger partial charge in [-0.15, -0.1) is 11.3 Å². The fourth-order valence-corrected chi connectivity index (χ4v) is 7.40. The Morgan fingerprint density at radius 3 is 2.42 bits per heavy atom. The van der Waals surface area contributed by atoms with Crippen molar-refractivity contribution in [2.24, 2.45) is 0 Å². The zero-order valence-corrected chi connectivity index (χ0v) is 19.4. The van der Waals surface area contributed by atoms with E-state index in [1.807, 2.05) is 12.1 Å². The number of likely N-dealkylation sites (tertiary alicyclic amines) is 1. The molecule has 0 saturated carbocycles. The summed E-state index contributed by atoms with van der Waals surface area (Å²) < 4.78 is 33.2. The molecule has 2 aromatic heterocycles. The standard InChI is InChI=1S/C22H31N3O4S2/c26-21(23-17-19(20-8-7-15-29-20)24-11-3-1-4-12-24)16-18-9-10-22(30-18)31(27,28)25-13-5-2-6-14-25/h7-10,15,19H,1-6,11-14,16-17H2,(H,23,26). The van der Waals surface area contributed by atoms with Gasteiger partial charge in [0.2, 0.25) is 5.91 Å². The van der Waals surface area contributed by atoms with E-state index in [-0.39, 0.29) is 18.4 Å². The van der Waals surface area contributed by atoms with Crippen molar-refractivity contribution < 1.29 is 17.6 Å². The first-order valence-electron chi connectivity index (χ1n) is 11.2. The zero-order valence-electron chi connectivity index (χ0n) is 17.8. The number of piperidine rings is 2. The van der Waals surface area contributed by atoms with Crippen LogP contribution < -0.4 is 5.32 Å². The van der Waals surface area contributed by atoms with E-state index in [4.69, 9.17) is 4.42 Å². The van der Waals surface area contributed by atoms with Crippen LogP contribution >= 0.6 is 11.3 Å². The number of amides is 1. The molecule has 2 fully saturated rings. The van der Waals surface area contributed by atoms with Crippen molar-refractivity contribution in [3.05, 3.63) is 41.2 Å². The summed E-state index contributed by atoms with van der Waals surface area (Å²) in [5.41, 5.74) is 0. The van der Waals surface area contributed by atoms with Crippen LogP contribution in [0.5, 0.6) is 0 Å². The second-order valence-electron chi connectivity index (χ2n) is 8.29. The quantitative estimate of drug-likeness (QED) is 0.646. The van der Waals surface area contributed by atoms with E-state index in [0.717, 1.165) is 55.8 Å². The maximum atomic E-state index is 12.8. The highest BCUT2D eigenvalue weighted by Gasteiger charge is 2.28. The lowest BCUT2D eigenvalue weighted by atomic mass is 10.1. The van der Waals surface area contributed by atoms with E-state index in [9.17, 15) is 13.2 Å². The predicted molar refractivity (Wildman–Crippen MR) is 121 cm³/mol. The van der Waals surface area contributed by atoms with Crippen molar-refractivity contribution in [3.8, 4) is 0 Å². The van der Waals surface area contributed by atoms with Crippen molar-refractivity contribution in [1.29, 1.82) is 0 Å². The van der Waals surface area contributed by atoms with Gasteiger partial charge in [0.15, 0.2) is 0 Å². The van der Waals surface area contributed by atoms with Gasteiger partial charge in [0.25, 0.3) is 10.0 Å². The molecule has 170 valence electrons. The number of nitrogens with one attached hydrogen (secondary N) is 1. The predicted octanol–water partition coefficient (Wildman–Crippen LogP) is 3.40. The van der Waals surface area contributed by atoms with Gasteiger partial charge in [0, 0.05) is 24.5 Å². The Bertz CT molecular complexity index is 943. The molecule has 4 heterocycles. The molecule has 0 spiro atoms. The molecule has 1 N–H and O–H groups in total. The van der Waals surface area contributed by atoms with Crippen LogP contribution in [0, 0.1) is 0 Å². The van der Waals surface area contributed by atoms with Gasteiger partial charge in [-0.2, -0.15) is 4.31 Å². The minimum absolute atomic E-state index is 0.0256. The number of nitrogens with zero attached hydrogens (tertiary/aromatic N) is 2. The number of hydrogen-bond donors (Lipinski definition) is 1. The van der Waals surface area contributed by atoms with Crippen LogP contribution in [0.4, 0.5) is 0 Å². The molecular weight excluding hydrogens is 434 g/mol. The average molecular weight is 466 g/mol. The minimum atomic E-state index is -3.45. The van der Waals surface area contributed by atoms with E-state index < -0.39 is 10.0 Å². The highest BCUT2D eigenvalue weighted by atomic mass is 32.2. The summed E-state index contributed by atoms with van der Waals surface area (Å²) in [6.07, 6.45) is 8.33. The molecular formula is C22H31N3O4S2. The van der Waals surface area contributed by atoms with E-state index in [1.165, 1.54) is 17.8 Å². The fourth-order valence-electron chi connectivity index (χ4n) is 4.38. The summed E-state index contributed by atoms with van der Waals surface area (Å²) >= 11 is 1.20. The largest absolute Gasteiger partial charge is 0.468 e. The molecule has 7 nitrogen and oxygen atoms in total. The van der Waals surface area contributed by atoms with Gasteiger partial charge >= 0.3 is 0 Å². The number of sulfonamides is 1. The van der Waals surface area contributed by atoms with E-state index >= 15 is 0 Å². The highest BCUT2D eigenvalue weighted by Crippen LogP contribution is 2.28. The van der Waals surface area contributed by atoms with E-state index in [0.29, 0.717) is 23.8 Å². The number of carbonyl (C=O) groups excluding carboxylic acids is 1. The summed E-state index contributed by atoms with van der Waals surface area (Å²) in [6.45, 7) is 3.66. The van der Waals surface area contributed by atoms with Crippen LogP contribution in [0.1, 0.15) is 55.2 Å². The number of rotatable bonds is 8. The lowest BCUT2D eigenvalue weighted by molar-refractivity contribution is -0.120. The molecule has 2 saturated heterocycles. The second kappa shape index (κ2) is 10.3. The van der Waals surface area contributed by atoms with Crippen LogP contribution in [0.15, 0.2) is 39.2 Å². The molecule has 1 atom stereocenters. The van der Waals surface area contributed by atoms with Crippen molar-refractivity contribution in [1.82, 2.24) is 14.5 Å². The summed E-state index contributed by atoms with van der Waals surface area (Å²) in [5, 5.41) is 3.03. The molecule has 0 radical (unpaired) electrons. The first-order valence-corrected chi connectivity index (χ1v) is 13.4. The van der Waals surface area contributed by atoms with Crippen LogP contribution in [0.3, 0.4) is 0 Å². The lowest BCUT2D eigenvalue weighted by Gasteiger charge is -2.33. The first-order chi connectivity index (χ1) is 15.0. The molecule has 9 heteroatoms. The van der Waals surface area contributed by atoms with Gasteiger partial charge in [0.1, 0.15) is 9.97 Å². The molecule has 4 rings (SSSR count). The fraction of sp³-hybridized carbons (Fsp3) is 0.591. The Labute approximate surface area is 188 Å². The summed E-state index contributed by atoms with van der Waals surface area (Å²) in [7, 11) is -3.45. The monoisotopic (exact) mass is 465 g/mol. The van der Waals surface area contributed by atoms with Crippen LogP contribution in [-0.4, -0.2) is 56.3 Å². The van der Waals surface area contributed by atoms with E-state index in [2.05, 4.69) is 10.2 Å². The third kappa shape index (κ3) is 5.58. The van der Waals surface area contributed by atoms with Crippen LogP contribution in [0.2, 0.25) is 0 Å². The van der Waals surface area contributed by atoms with Gasteiger partial charge in [-0.3, -0.25) is 9.69 Å². The molecule has 0 aliphatic carbocycles. The molecule has 2 aliphatic heterocycles. The average Bonchev–Trinajstić information content (AvgIpc) is 3.48. The van der Waals surface area contributed by atoms with Gasteiger partial charge in [-0.1, -0.05) is 12.8 Å². The Kier molecular flexibility index (Phi) is 7.47. The number of carbonyl (C=O) groups is 1. The Balaban J connectivity index is 1.35. The molecule has 1 unspecified atom stereocenters. The van der Waals surface area contributed by atoms with Crippen LogP contribution in [0.25, 0.3) is 0 Å². The van der Waals surface area contributed by atoms with Gasteiger partial charge in [-0.05, 0) is 63.0 Å². The van der Waals surface area contributed by atoms with Gasteiger partial charge in [0.05, 0.1) is 18.7 Å². The third-order valence-corrected chi connectivity index (χ3v) is 9.53. The normalized spacial score (nSPS) is 19.9. The van der Waals surface area contributed by atoms with Gasteiger partial charge < -0.3 is 9.73 Å². The maximum Gasteiger partial charge on any atom is 0.252 e. The van der Waals surface area contributed by atoms with Crippen molar-refractivity contribution in [2.45, 2.75) is 55.2 Å². The maximum absolute atomic E-state index is 12.8. The third-order valence-electron chi connectivity index (χ3n) is 6.08. The summed E-state index contributed by atoms with van der Waals surface area (Å²) in [5.74, 6) is 0.769. The lowest BCUT2D eigenvalue weighted by Crippen LogP contribution is -2.40. The molecule has 31 heavy (non-hydrogen) atoms. The molecule has 2 aliphatic rings. The highest BCUT2D eigenvalue weighted by molar-refractivity contribution is 7.91. The smallest absolute Gasteiger partial charge is 0.252 e. The van der Waals surface area contributed by atoms with Crippen molar-refractivity contribution >= 4 is 27.3 Å². The minimum Gasteiger partial charge on any atom is -0.468 e. The Hall–Kier alpha value is -1.68. The topological polar surface area (TPSA) is 82.9 Å². The number of thiophene rings is 1. The first kappa shape index (κ1) is 22.5. The molecule has 2 aromatic rings.